The number of carbonyl (C=O) groups excluding carboxylic acids is 5. The molecule has 9 aliphatic heterocycles. The fourth-order valence-corrected chi connectivity index (χ4v) is 13.1. The van der Waals surface area contributed by atoms with E-state index in [1.165, 1.54) is 9.80 Å². The summed E-state index contributed by atoms with van der Waals surface area (Å²) in [5.74, 6) is 3.55. The lowest BCUT2D eigenvalue weighted by atomic mass is 9.76. The summed E-state index contributed by atoms with van der Waals surface area (Å²) >= 11 is 17.8. The number of nitrogens with one attached hydrogen (secondary N) is 3. The van der Waals surface area contributed by atoms with E-state index in [-0.39, 0.29) is 30.9 Å². The smallest absolute Gasteiger partial charge is 0.448 e. The molecule has 3 N–H and O–H groups in total. The van der Waals surface area contributed by atoms with Crippen LogP contribution in [0.1, 0.15) is 71.4 Å². The summed E-state index contributed by atoms with van der Waals surface area (Å²) in [4.78, 5) is 85.5. The zero-order valence-electron chi connectivity index (χ0n) is 59.1. The molecular formula is C70H90BCl3F3N13O13. The number of amides is 7. The van der Waals surface area contributed by atoms with Crippen molar-refractivity contribution in [3.05, 3.63) is 99.1 Å². The summed E-state index contributed by atoms with van der Waals surface area (Å²) in [5, 5.41) is 9.94. The van der Waals surface area contributed by atoms with Gasteiger partial charge in [0.15, 0.2) is 0 Å². The number of benzene rings is 2. The predicted molar refractivity (Wildman–Crippen MR) is 389 cm³/mol. The molecule has 0 radical (unpaired) electrons. The summed E-state index contributed by atoms with van der Waals surface area (Å²) in [6.45, 7) is 27.8. The summed E-state index contributed by atoms with van der Waals surface area (Å²) < 4.78 is 80.5. The molecule has 2 aromatic carbocycles. The Morgan fingerprint density at radius 2 is 1.02 bits per heavy atom. The lowest BCUT2D eigenvalue weighted by Crippen LogP contribution is -2.41. The number of morpholine rings is 3. The summed E-state index contributed by atoms with van der Waals surface area (Å²) in [7, 11) is -0.556. The van der Waals surface area contributed by atoms with Gasteiger partial charge in [-0.15, -0.1) is 0 Å². The van der Waals surface area contributed by atoms with E-state index in [1.807, 2.05) is 82.8 Å². The van der Waals surface area contributed by atoms with Gasteiger partial charge in [-0.25, -0.2) is 38.9 Å². The third-order valence-electron chi connectivity index (χ3n) is 19.1. The number of cyclic esters (lactones) is 3. The van der Waals surface area contributed by atoms with Gasteiger partial charge in [-0.2, -0.15) is 13.2 Å². The fourth-order valence-electron chi connectivity index (χ4n) is 12.5. The Morgan fingerprint density at radius 1 is 0.563 bits per heavy atom. The number of nitrogens with zero attached hydrogens (tertiary/aromatic N) is 10. The van der Waals surface area contributed by atoms with Gasteiger partial charge >= 0.3 is 43.6 Å². The largest absolute Gasteiger partial charge is 0.495 e. The molecule has 3 aromatic heterocycles. The van der Waals surface area contributed by atoms with Crippen molar-refractivity contribution in [2.75, 3.05) is 180 Å². The van der Waals surface area contributed by atoms with Crippen molar-refractivity contribution < 1.29 is 74.9 Å². The van der Waals surface area contributed by atoms with Crippen molar-refractivity contribution in [1.29, 1.82) is 0 Å². The van der Waals surface area contributed by atoms with Gasteiger partial charge in [0, 0.05) is 99.4 Å². The topological polar surface area (TPSA) is 257 Å². The lowest BCUT2D eigenvalue weighted by molar-refractivity contribution is -0.143. The lowest BCUT2D eigenvalue weighted by Gasteiger charge is -2.32. The summed E-state index contributed by atoms with van der Waals surface area (Å²) in [6.07, 6.45) is -3.58. The fraction of sp³-hybridized carbons (Fsp3) is 0.543. The highest BCUT2D eigenvalue weighted by Gasteiger charge is 2.52. The number of carbonyl (C=O) groups is 5. The van der Waals surface area contributed by atoms with Crippen molar-refractivity contribution in [2.45, 2.75) is 91.5 Å². The van der Waals surface area contributed by atoms with Crippen LogP contribution in [0.5, 0.6) is 0 Å². The standard InChI is InChI=1S/C26H33N5O4.C20H28BF3N2O3.C12H14ClN3O3.C9H10Cl2N2O.C3H5NO2/c1-3-19-6-7-30(17-19)25(32)27-21-5-4-18(2)22(16-21)20-14-23(29-8-11-34-12-9-29)28-24(15-20)31-10-13-35-26(31)33;1-13-6-7-15(10-16(13)21-28-18(2,3)19(4,5)29-21)25-17(27)26-9-8-14(12-26)11-20(22,23)24;13-9-7-10(15-1-4-18-5-2-15)14-11(8-9)16-3-6-19-12(16)17;10-7-5-8(11)12-9(6-7)13-1-3-14-4-2-13;5-3-4-1-2-6-3/h4-5,14-16,19H,3,6-13,17H2,1-2H3,(H,27,32);6-7,10,14H,8-9,11-12H2,1-5H3,(H,25,27);7-8H,1-6H2;5-6H,1-4H2;1-2H2,(H,4,5)/t19-;14-;;;/m10.../s1. The van der Waals surface area contributed by atoms with E-state index in [2.05, 4.69) is 58.3 Å². The van der Waals surface area contributed by atoms with Crippen LogP contribution < -0.4 is 45.9 Å². The van der Waals surface area contributed by atoms with Gasteiger partial charge < -0.3 is 78.2 Å². The van der Waals surface area contributed by atoms with E-state index >= 15 is 0 Å². The Bertz CT molecular complexity index is 3740. The maximum absolute atomic E-state index is 12.9. The summed E-state index contributed by atoms with van der Waals surface area (Å²) in [6, 6.07) is 21.9. The molecule has 0 saturated carbocycles. The average molecular weight is 1500 g/mol. The molecule has 33 heteroatoms. The monoisotopic (exact) mass is 1490 g/mol. The first-order chi connectivity index (χ1) is 49.2. The normalized spacial score (nSPS) is 20.7. The van der Waals surface area contributed by atoms with Crippen LogP contribution in [0.2, 0.25) is 15.2 Å². The predicted octanol–water partition coefficient (Wildman–Crippen LogP) is 11.7. The number of hydrogen-bond donors (Lipinski definition) is 3. The molecule has 9 aliphatic rings. The Kier molecular flexibility index (Phi) is 26.7. The van der Waals surface area contributed by atoms with Gasteiger partial charge in [0.1, 0.15) is 54.1 Å². The van der Waals surface area contributed by atoms with Gasteiger partial charge in [-0.3, -0.25) is 9.80 Å². The highest BCUT2D eigenvalue weighted by atomic mass is 35.5. The van der Waals surface area contributed by atoms with Gasteiger partial charge in [-0.1, -0.05) is 65.8 Å². The quantitative estimate of drug-likeness (QED) is 0.0631. The maximum Gasteiger partial charge on any atom is 0.495 e. The minimum absolute atomic E-state index is 0.0556. The molecule has 2 atom stereocenters. The van der Waals surface area contributed by atoms with Gasteiger partial charge in [0.2, 0.25) is 0 Å². The Morgan fingerprint density at radius 3 is 1.48 bits per heavy atom. The molecule has 26 nitrogen and oxygen atoms in total. The summed E-state index contributed by atoms with van der Waals surface area (Å²) in [5.41, 5.74) is 5.14. The van der Waals surface area contributed by atoms with E-state index in [1.54, 1.807) is 35.2 Å². The van der Waals surface area contributed by atoms with Crippen molar-refractivity contribution >= 4 is 118 Å². The van der Waals surface area contributed by atoms with E-state index in [0.717, 1.165) is 129 Å². The van der Waals surface area contributed by atoms with Crippen molar-refractivity contribution in [3.8, 4) is 11.1 Å². The molecule has 0 aliphatic carbocycles. The molecular weight excluding hydrogens is 1410 g/mol. The van der Waals surface area contributed by atoms with Crippen molar-refractivity contribution in [1.82, 2.24) is 30.1 Å². The van der Waals surface area contributed by atoms with Gasteiger partial charge in [-0.05, 0) is 143 Å². The highest BCUT2D eigenvalue weighted by Crippen LogP contribution is 2.38. The number of anilines is 7. The van der Waals surface area contributed by atoms with E-state index in [4.69, 9.17) is 72.8 Å². The van der Waals surface area contributed by atoms with E-state index in [9.17, 15) is 37.1 Å². The SMILES string of the molecule is CC[C@@H]1CCN(C(=O)Nc2ccc(C)c(-c3cc(N4CCOCC4)nc(N4CCOC4=O)c3)c2)C1.Cc1ccc(NC(=O)N2CC[C@@H](CC(F)(F)F)C2)cc1B1OC(C)(C)C(C)(C)O1.Clc1cc(Cl)nc(N2CCOCC2)c1.O=C1NCCO1.O=C1OCCN1c1cc(Cl)cc(N2CCOCC2)n1. The number of urea groups is 2. The number of ether oxygens (including phenoxy) is 6. The minimum atomic E-state index is -4.20. The molecule has 9 fully saturated rings. The Labute approximate surface area is 613 Å². The highest BCUT2D eigenvalue weighted by molar-refractivity contribution is 6.62. The average Bonchev–Trinajstić information content (AvgIpc) is 1.66. The van der Waals surface area contributed by atoms with Gasteiger partial charge in [0.25, 0.3) is 0 Å². The van der Waals surface area contributed by atoms with Crippen LogP contribution in [0.15, 0.2) is 72.8 Å². The van der Waals surface area contributed by atoms with Crippen LogP contribution in [0.4, 0.5) is 77.6 Å². The van der Waals surface area contributed by atoms with E-state index in [0.29, 0.717) is 117 Å². The second-order valence-electron chi connectivity index (χ2n) is 26.9. The Balaban J connectivity index is 0.000000150. The molecule has 558 valence electrons. The van der Waals surface area contributed by atoms with Crippen LogP contribution in [-0.4, -0.2) is 224 Å². The van der Waals surface area contributed by atoms with Gasteiger partial charge in [0.05, 0.1) is 70.5 Å². The second kappa shape index (κ2) is 35.3. The minimum Gasteiger partial charge on any atom is -0.448 e. The molecule has 14 rings (SSSR count). The number of hydrogen-bond acceptors (Lipinski definition) is 19. The number of aromatic nitrogens is 3. The maximum atomic E-state index is 12.9. The Hall–Kier alpha value is -7.84. The number of aryl methyl sites for hydroxylation is 2. The number of alkyl halides is 3. The first kappa shape index (κ1) is 77.8. The first-order valence-corrected chi connectivity index (χ1v) is 35.9. The number of pyridine rings is 3. The van der Waals surface area contributed by atoms with E-state index < -0.39 is 42.9 Å². The van der Waals surface area contributed by atoms with Crippen LogP contribution in [-0.2, 0) is 37.7 Å². The zero-order chi connectivity index (χ0) is 73.6. The zero-order valence-corrected chi connectivity index (χ0v) is 61.4. The molecule has 0 unspecified atom stereocenters. The molecule has 0 spiro atoms. The molecule has 103 heavy (non-hydrogen) atoms. The third-order valence-corrected chi connectivity index (χ3v) is 19.7. The number of likely N-dealkylation sites (tertiary alicyclic amines) is 2. The molecule has 9 saturated heterocycles. The van der Waals surface area contributed by atoms with Crippen LogP contribution in [0.3, 0.4) is 0 Å². The number of halogens is 6. The molecule has 5 aromatic rings. The second-order valence-corrected chi connectivity index (χ2v) is 28.2. The third kappa shape index (κ3) is 21.4. The molecule has 7 amide bonds. The van der Waals surface area contributed by atoms with Crippen LogP contribution in [0, 0.1) is 25.7 Å². The van der Waals surface area contributed by atoms with Crippen molar-refractivity contribution in [2.24, 2.45) is 11.8 Å². The number of rotatable bonds is 11. The first-order valence-electron chi connectivity index (χ1n) is 34.7. The van der Waals surface area contributed by atoms with Crippen molar-refractivity contribution in [3.63, 3.8) is 0 Å². The number of alkyl carbamates (subject to hydrolysis) is 1. The molecule has 12 heterocycles. The molecule has 0 bridgehead atoms. The van der Waals surface area contributed by atoms with Crippen LogP contribution in [0.25, 0.3) is 11.1 Å². The van der Waals surface area contributed by atoms with Crippen LogP contribution >= 0.6 is 34.8 Å².